The number of carbonyl (C=O) groups is 2. The third kappa shape index (κ3) is 4.13. The van der Waals surface area contributed by atoms with Gasteiger partial charge >= 0.3 is 0 Å². The lowest BCUT2D eigenvalue weighted by Crippen LogP contribution is -2.41. The molecule has 8 heteroatoms. The van der Waals surface area contributed by atoms with Gasteiger partial charge in [0.2, 0.25) is 0 Å². The average molecular weight is 479 g/mol. The van der Waals surface area contributed by atoms with Crippen LogP contribution in [0.1, 0.15) is 31.4 Å². The lowest BCUT2D eigenvalue weighted by Gasteiger charge is -2.35. The molecule has 3 aromatic rings. The maximum atomic E-state index is 13.2. The van der Waals surface area contributed by atoms with Crippen LogP contribution in [0.3, 0.4) is 0 Å². The van der Waals surface area contributed by atoms with E-state index in [9.17, 15) is 13.8 Å². The molecule has 2 aliphatic heterocycles. The number of benzene rings is 2. The fourth-order valence-corrected chi connectivity index (χ4v) is 5.89. The Morgan fingerprint density at radius 2 is 1.85 bits per heavy atom. The van der Waals surface area contributed by atoms with Gasteiger partial charge in [-0.1, -0.05) is 30.3 Å². The zero-order chi connectivity index (χ0) is 24.0. The molecule has 1 fully saturated rings. The van der Waals surface area contributed by atoms with E-state index < -0.39 is 28.4 Å². The first-order valence-electron chi connectivity index (χ1n) is 11.2. The van der Waals surface area contributed by atoms with Crippen molar-refractivity contribution in [2.24, 2.45) is 7.05 Å². The second-order valence-corrected chi connectivity index (χ2v) is 10.5. The molecule has 1 aromatic heterocycles. The summed E-state index contributed by atoms with van der Waals surface area (Å²) in [6, 6.07) is 14.8. The van der Waals surface area contributed by atoms with Gasteiger partial charge in [-0.15, -0.1) is 0 Å². The molecular formula is C26H26N2O5S. The van der Waals surface area contributed by atoms with E-state index >= 15 is 0 Å². The van der Waals surface area contributed by atoms with Gasteiger partial charge in [0.15, 0.2) is 5.79 Å². The molecule has 176 valence electrons. The van der Waals surface area contributed by atoms with Gasteiger partial charge in [0.25, 0.3) is 11.8 Å². The van der Waals surface area contributed by atoms with Gasteiger partial charge in [0, 0.05) is 34.6 Å². The number of imide groups is 1. The van der Waals surface area contributed by atoms with Crippen molar-refractivity contribution in [2.45, 2.75) is 37.1 Å². The van der Waals surface area contributed by atoms with Crippen LogP contribution in [0.4, 0.5) is 0 Å². The smallest absolute Gasteiger partial charge is 0.259 e. The number of nitrogens with one attached hydrogen (secondary N) is 1. The highest BCUT2D eigenvalue weighted by Crippen LogP contribution is 2.36. The summed E-state index contributed by atoms with van der Waals surface area (Å²) in [5, 5.41) is 3.33. The van der Waals surface area contributed by atoms with Crippen molar-refractivity contribution in [3.63, 3.8) is 0 Å². The van der Waals surface area contributed by atoms with Crippen LogP contribution >= 0.6 is 0 Å². The van der Waals surface area contributed by atoms with E-state index in [1.165, 1.54) is 0 Å². The Bertz CT molecular complexity index is 1370. The molecule has 2 aromatic carbocycles. The first kappa shape index (κ1) is 22.7. The SMILES string of the molecule is Cn1cc(C2=C(c3cccc(S(=O)CC4CCOC(C)(C)O4)c3)C(=O)NC2=O)c2ccccc21. The Morgan fingerprint density at radius 3 is 2.65 bits per heavy atom. The number of ether oxygens (including phenoxy) is 2. The van der Waals surface area contributed by atoms with Gasteiger partial charge in [-0.2, -0.15) is 0 Å². The molecule has 5 rings (SSSR count). The Hall–Kier alpha value is -3.07. The molecule has 2 amide bonds. The normalized spacial score (nSPS) is 21.2. The minimum Gasteiger partial charge on any atom is -0.350 e. The van der Waals surface area contributed by atoms with Crippen LogP contribution in [0.2, 0.25) is 0 Å². The fraction of sp³-hybridized carbons (Fsp3) is 0.308. The van der Waals surface area contributed by atoms with Crippen LogP contribution in [-0.4, -0.2) is 44.8 Å². The molecule has 3 heterocycles. The summed E-state index contributed by atoms with van der Waals surface area (Å²) in [6.45, 7) is 4.25. The first-order chi connectivity index (χ1) is 16.2. The molecule has 1 saturated heterocycles. The first-order valence-corrected chi connectivity index (χ1v) is 12.5. The van der Waals surface area contributed by atoms with E-state index in [0.717, 1.165) is 10.9 Å². The molecule has 2 atom stereocenters. The minimum atomic E-state index is -1.34. The highest BCUT2D eigenvalue weighted by atomic mass is 32.2. The van der Waals surface area contributed by atoms with Gasteiger partial charge < -0.3 is 14.0 Å². The molecule has 2 aliphatic rings. The zero-order valence-electron chi connectivity index (χ0n) is 19.3. The standard InChI is InChI=1S/C26H26N2O5S/c1-26(2)32-12-11-17(33-26)15-34(31)18-8-6-7-16(13-18)22-23(25(30)27-24(22)29)20-14-28(3)21-10-5-4-9-19(20)21/h4-10,13-14,17H,11-12,15H2,1-3H3,(H,27,29,30). The summed E-state index contributed by atoms with van der Waals surface area (Å²) < 4.78 is 26.6. The predicted molar refractivity (Wildman–Crippen MR) is 130 cm³/mol. The summed E-state index contributed by atoms with van der Waals surface area (Å²) in [7, 11) is 0.565. The monoisotopic (exact) mass is 478 g/mol. The van der Waals surface area contributed by atoms with E-state index in [2.05, 4.69) is 5.32 Å². The Morgan fingerprint density at radius 1 is 1.09 bits per heavy atom. The fourth-order valence-electron chi connectivity index (χ4n) is 4.63. The number of hydrogen-bond acceptors (Lipinski definition) is 5. The van der Waals surface area contributed by atoms with E-state index in [1.807, 2.05) is 55.9 Å². The minimum absolute atomic E-state index is 0.185. The van der Waals surface area contributed by atoms with Crippen molar-refractivity contribution in [2.75, 3.05) is 12.4 Å². The van der Waals surface area contributed by atoms with Crippen molar-refractivity contribution >= 4 is 44.7 Å². The topological polar surface area (TPSA) is 86.6 Å². The Balaban J connectivity index is 1.53. The third-order valence-electron chi connectivity index (χ3n) is 6.16. The number of para-hydroxylation sites is 1. The number of aryl methyl sites for hydroxylation is 1. The summed E-state index contributed by atoms with van der Waals surface area (Å²) in [5.74, 6) is -1.25. The van der Waals surface area contributed by atoms with Crippen molar-refractivity contribution in [3.8, 4) is 0 Å². The summed E-state index contributed by atoms with van der Waals surface area (Å²) in [6.07, 6.45) is 2.35. The van der Waals surface area contributed by atoms with Crippen LogP contribution in [0.25, 0.3) is 22.0 Å². The van der Waals surface area contributed by atoms with Gasteiger partial charge in [0.05, 0.1) is 40.4 Å². The molecule has 34 heavy (non-hydrogen) atoms. The highest BCUT2D eigenvalue weighted by molar-refractivity contribution is 7.85. The van der Waals surface area contributed by atoms with Gasteiger partial charge in [-0.05, 0) is 44.0 Å². The molecule has 0 bridgehead atoms. The number of amides is 2. The predicted octanol–water partition coefficient (Wildman–Crippen LogP) is 3.39. The highest BCUT2D eigenvalue weighted by Gasteiger charge is 2.34. The van der Waals surface area contributed by atoms with Crippen molar-refractivity contribution < 1.29 is 23.3 Å². The molecule has 0 radical (unpaired) electrons. The number of carbonyl (C=O) groups excluding carboxylic acids is 2. The summed E-state index contributed by atoms with van der Waals surface area (Å²) in [5.41, 5.74) is 2.85. The van der Waals surface area contributed by atoms with Crippen LogP contribution in [0.5, 0.6) is 0 Å². The Labute approximate surface area is 200 Å². The van der Waals surface area contributed by atoms with Crippen LogP contribution in [0, 0.1) is 0 Å². The molecule has 0 saturated carbocycles. The number of fused-ring (bicyclic) bond motifs is 1. The molecular weight excluding hydrogens is 452 g/mol. The second-order valence-electron chi connectivity index (χ2n) is 9.02. The largest absolute Gasteiger partial charge is 0.350 e. The molecule has 0 spiro atoms. The van der Waals surface area contributed by atoms with Crippen LogP contribution in [0.15, 0.2) is 59.6 Å². The van der Waals surface area contributed by atoms with E-state index in [0.29, 0.717) is 45.9 Å². The maximum absolute atomic E-state index is 13.2. The number of hydrogen-bond donors (Lipinski definition) is 1. The molecule has 0 aliphatic carbocycles. The van der Waals surface area contributed by atoms with Crippen molar-refractivity contribution in [3.05, 3.63) is 65.9 Å². The number of nitrogens with zero attached hydrogens (tertiary/aromatic N) is 1. The van der Waals surface area contributed by atoms with Gasteiger partial charge in [0.1, 0.15) is 0 Å². The number of aromatic nitrogens is 1. The molecule has 2 unspecified atom stereocenters. The number of rotatable bonds is 5. The second kappa shape index (κ2) is 8.61. The van der Waals surface area contributed by atoms with Crippen LogP contribution < -0.4 is 5.32 Å². The summed E-state index contributed by atoms with van der Waals surface area (Å²) in [4.78, 5) is 26.3. The van der Waals surface area contributed by atoms with E-state index in [1.54, 1.807) is 24.3 Å². The lowest BCUT2D eigenvalue weighted by molar-refractivity contribution is -0.268. The van der Waals surface area contributed by atoms with Gasteiger partial charge in [-0.3, -0.25) is 19.1 Å². The zero-order valence-corrected chi connectivity index (χ0v) is 20.1. The molecule has 7 nitrogen and oxygen atoms in total. The Kier molecular flexibility index (Phi) is 5.75. The van der Waals surface area contributed by atoms with E-state index in [-0.39, 0.29) is 6.10 Å². The lowest BCUT2D eigenvalue weighted by atomic mass is 9.96. The van der Waals surface area contributed by atoms with Crippen molar-refractivity contribution in [1.82, 2.24) is 9.88 Å². The quantitative estimate of drug-likeness (QED) is 0.568. The van der Waals surface area contributed by atoms with Gasteiger partial charge in [-0.25, -0.2) is 0 Å². The average Bonchev–Trinajstić information content (AvgIpc) is 3.28. The van der Waals surface area contributed by atoms with E-state index in [4.69, 9.17) is 9.47 Å². The molecule has 1 N–H and O–H groups in total. The van der Waals surface area contributed by atoms with Crippen molar-refractivity contribution in [1.29, 1.82) is 0 Å². The maximum Gasteiger partial charge on any atom is 0.259 e. The van der Waals surface area contributed by atoms with Crippen LogP contribution in [-0.2, 0) is 36.9 Å². The summed E-state index contributed by atoms with van der Waals surface area (Å²) >= 11 is 0. The third-order valence-corrected chi connectivity index (χ3v) is 7.61.